The Bertz CT molecular complexity index is 932. The monoisotopic (exact) mass is 394 g/mol. The molecule has 0 aliphatic heterocycles. The number of benzene rings is 2. The molecule has 0 atom stereocenters. The van der Waals surface area contributed by atoms with Gasteiger partial charge in [-0.2, -0.15) is 0 Å². The van der Waals surface area contributed by atoms with E-state index < -0.39 is 6.36 Å². The van der Waals surface area contributed by atoms with Crippen LogP contribution in [-0.4, -0.2) is 10.9 Å². The number of rotatable bonds is 6. The molecule has 1 aromatic heterocycles. The molecule has 2 aromatic carbocycles. The SMILES string of the molecule is Cn1c(COCc2ccccc2)csc1=Nc1ccc(OC(F)(F)F)cc1. The van der Waals surface area contributed by atoms with Gasteiger partial charge < -0.3 is 14.0 Å². The van der Waals surface area contributed by atoms with Crippen molar-refractivity contribution in [3.63, 3.8) is 0 Å². The smallest absolute Gasteiger partial charge is 0.406 e. The Hall–Kier alpha value is -2.58. The Morgan fingerprint density at radius 3 is 2.37 bits per heavy atom. The summed E-state index contributed by atoms with van der Waals surface area (Å²) in [6.07, 6.45) is -4.70. The van der Waals surface area contributed by atoms with Crippen molar-refractivity contribution in [2.24, 2.45) is 12.0 Å². The van der Waals surface area contributed by atoms with E-state index in [0.29, 0.717) is 18.9 Å². The molecule has 0 amide bonds. The number of thiazole rings is 1. The maximum atomic E-state index is 12.2. The molecule has 0 aliphatic rings. The van der Waals surface area contributed by atoms with Crippen LogP contribution in [0.3, 0.4) is 0 Å². The third kappa shape index (κ3) is 5.70. The average molecular weight is 394 g/mol. The van der Waals surface area contributed by atoms with Crippen LogP contribution < -0.4 is 9.54 Å². The van der Waals surface area contributed by atoms with Crippen LogP contribution in [0.15, 0.2) is 65.0 Å². The summed E-state index contributed by atoms with van der Waals surface area (Å²) in [5, 5.41) is 1.95. The minimum atomic E-state index is -4.70. The van der Waals surface area contributed by atoms with E-state index in [1.165, 1.54) is 35.6 Å². The van der Waals surface area contributed by atoms with Crippen molar-refractivity contribution in [2.75, 3.05) is 0 Å². The van der Waals surface area contributed by atoms with Crippen LogP contribution in [-0.2, 0) is 25.0 Å². The third-order valence-electron chi connectivity index (χ3n) is 3.67. The van der Waals surface area contributed by atoms with Gasteiger partial charge in [-0.1, -0.05) is 30.3 Å². The van der Waals surface area contributed by atoms with E-state index in [1.54, 1.807) is 0 Å². The molecule has 1 heterocycles. The first-order valence-electron chi connectivity index (χ1n) is 8.06. The topological polar surface area (TPSA) is 35.8 Å². The molecule has 0 fully saturated rings. The van der Waals surface area contributed by atoms with Crippen molar-refractivity contribution in [3.8, 4) is 5.75 Å². The van der Waals surface area contributed by atoms with Crippen molar-refractivity contribution < 1.29 is 22.6 Å². The highest BCUT2D eigenvalue weighted by molar-refractivity contribution is 7.07. The fourth-order valence-electron chi connectivity index (χ4n) is 2.31. The van der Waals surface area contributed by atoms with Gasteiger partial charge >= 0.3 is 6.36 Å². The average Bonchev–Trinajstić information content (AvgIpc) is 2.97. The second kappa shape index (κ2) is 8.41. The number of hydrogen-bond donors (Lipinski definition) is 0. The summed E-state index contributed by atoms with van der Waals surface area (Å²) in [6, 6.07) is 15.3. The van der Waals surface area contributed by atoms with Gasteiger partial charge in [0, 0.05) is 12.4 Å². The van der Waals surface area contributed by atoms with Crippen molar-refractivity contribution in [3.05, 3.63) is 76.0 Å². The van der Waals surface area contributed by atoms with Crippen LogP contribution in [0.5, 0.6) is 5.75 Å². The number of nitrogens with zero attached hydrogens (tertiary/aromatic N) is 2. The Labute approximate surface area is 158 Å². The molecule has 0 aliphatic carbocycles. The van der Waals surface area contributed by atoms with E-state index in [4.69, 9.17) is 4.74 Å². The van der Waals surface area contributed by atoms with E-state index in [2.05, 4.69) is 9.73 Å². The second-order valence-corrected chi connectivity index (χ2v) is 6.54. The number of aromatic nitrogens is 1. The molecule has 0 bridgehead atoms. The molecule has 0 saturated carbocycles. The molecule has 8 heteroatoms. The lowest BCUT2D eigenvalue weighted by atomic mass is 10.2. The fraction of sp³-hybridized carbons (Fsp3) is 0.211. The molecule has 4 nitrogen and oxygen atoms in total. The minimum absolute atomic E-state index is 0.271. The standard InChI is InChI=1S/C19H17F3N2O2S/c1-24-16(12-25-11-14-5-3-2-4-6-14)13-27-18(24)23-15-7-9-17(10-8-15)26-19(20,21)22/h2-10,13H,11-12H2,1H3. The van der Waals surface area contributed by atoms with Gasteiger partial charge in [-0.15, -0.1) is 24.5 Å². The van der Waals surface area contributed by atoms with Gasteiger partial charge in [0.05, 0.1) is 24.6 Å². The molecule has 0 N–H and O–H groups in total. The normalized spacial score (nSPS) is 12.4. The molecule has 27 heavy (non-hydrogen) atoms. The van der Waals surface area contributed by atoms with E-state index in [9.17, 15) is 13.2 Å². The van der Waals surface area contributed by atoms with Crippen LogP contribution in [0, 0.1) is 0 Å². The van der Waals surface area contributed by atoms with Gasteiger partial charge in [-0.05, 0) is 29.8 Å². The Morgan fingerprint density at radius 2 is 1.70 bits per heavy atom. The molecule has 0 unspecified atom stereocenters. The Balaban J connectivity index is 1.65. The summed E-state index contributed by atoms with van der Waals surface area (Å²) in [5.74, 6) is -0.271. The Kier molecular flexibility index (Phi) is 5.98. The fourth-order valence-corrected chi connectivity index (χ4v) is 3.22. The lowest BCUT2D eigenvalue weighted by molar-refractivity contribution is -0.274. The lowest BCUT2D eigenvalue weighted by Gasteiger charge is -2.08. The van der Waals surface area contributed by atoms with E-state index in [-0.39, 0.29) is 5.75 Å². The highest BCUT2D eigenvalue weighted by atomic mass is 32.1. The summed E-state index contributed by atoms with van der Waals surface area (Å²) in [7, 11) is 1.87. The van der Waals surface area contributed by atoms with Gasteiger partial charge in [0.1, 0.15) is 5.75 Å². The first-order valence-corrected chi connectivity index (χ1v) is 8.94. The molecule has 142 valence electrons. The van der Waals surface area contributed by atoms with Gasteiger partial charge in [-0.25, -0.2) is 4.99 Å². The maximum Gasteiger partial charge on any atom is 0.573 e. The highest BCUT2D eigenvalue weighted by Crippen LogP contribution is 2.24. The molecule has 0 radical (unpaired) electrons. The van der Waals surface area contributed by atoms with Gasteiger partial charge in [0.15, 0.2) is 4.80 Å². The molecular formula is C19H17F3N2O2S. The molecule has 3 rings (SSSR count). The summed E-state index contributed by atoms with van der Waals surface area (Å²) >= 11 is 1.44. The van der Waals surface area contributed by atoms with E-state index in [0.717, 1.165) is 16.1 Å². The predicted octanol–water partition coefficient (Wildman–Crippen LogP) is 4.93. The van der Waals surface area contributed by atoms with Crippen LogP contribution in [0.2, 0.25) is 0 Å². The summed E-state index contributed by atoms with van der Waals surface area (Å²) in [4.78, 5) is 5.17. The van der Waals surface area contributed by atoms with Crippen LogP contribution >= 0.6 is 11.3 Å². The molecule has 0 spiro atoms. The number of halogens is 3. The van der Waals surface area contributed by atoms with Crippen molar-refractivity contribution in [2.45, 2.75) is 19.6 Å². The van der Waals surface area contributed by atoms with Gasteiger partial charge in [0.2, 0.25) is 0 Å². The predicted molar refractivity (Wildman–Crippen MR) is 96.6 cm³/mol. The third-order valence-corrected chi connectivity index (χ3v) is 4.64. The summed E-state index contributed by atoms with van der Waals surface area (Å²) in [6.45, 7) is 0.958. The number of alkyl halides is 3. The lowest BCUT2D eigenvalue weighted by Crippen LogP contribution is -2.16. The Morgan fingerprint density at radius 1 is 1.00 bits per heavy atom. The van der Waals surface area contributed by atoms with E-state index >= 15 is 0 Å². The summed E-state index contributed by atoms with van der Waals surface area (Å²) < 4.78 is 48.1. The molecule has 0 saturated heterocycles. The largest absolute Gasteiger partial charge is 0.573 e. The van der Waals surface area contributed by atoms with Crippen LogP contribution in [0.4, 0.5) is 18.9 Å². The maximum absolute atomic E-state index is 12.2. The quantitative estimate of drug-likeness (QED) is 0.594. The number of hydrogen-bond acceptors (Lipinski definition) is 4. The second-order valence-electron chi connectivity index (χ2n) is 5.70. The van der Waals surface area contributed by atoms with Crippen molar-refractivity contribution in [1.29, 1.82) is 0 Å². The number of ether oxygens (including phenoxy) is 2. The zero-order valence-corrected chi connectivity index (χ0v) is 15.3. The van der Waals surface area contributed by atoms with Crippen molar-refractivity contribution >= 4 is 17.0 Å². The van der Waals surface area contributed by atoms with Gasteiger partial charge in [0.25, 0.3) is 0 Å². The summed E-state index contributed by atoms with van der Waals surface area (Å²) in [5.41, 5.74) is 2.60. The van der Waals surface area contributed by atoms with Crippen LogP contribution in [0.25, 0.3) is 0 Å². The van der Waals surface area contributed by atoms with Crippen LogP contribution in [0.1, 0.15) is 11.3 Å². The molecule has 3 aromatic rings. The van der Waals surface area contributed by atoms with E-state index in [1.807, 2.05) is 47.3 Å². The minimum Gasteiger partial charge on any atom is -0.406 e. The first kappa shape index (κ1) is 19.2. The highest BCUT2D eigenvalue weighted by Gasteiger charge is 2.30. The zero-order valence-electron chi connectivity index (χ0n) is 14.4. The molecular weight excluding hydrogens is 377 g/mol. The van der Waals surface area contributed by atoms with Crippen molar-refractivity contribution in [1.82, 2.24) is 4.57 Å². The van der Waals surface area contributed by atoms with Gasteiger partial charge in [-0.3, -0.25) is 0 Å². The first-order chi connectivity index (χ1) is 12.9. The zero-order chi connectivity index (χ0) is 19.3.